The number of carbonyl (C=O) groups excluding carboxylic acids is 1. The van der Waals surface area contributed by atoms with Crippen LogP contribution in [0.5, 0.6) is 0 Å². The highest BCUT2D eigenvalue weighted by atomic mass is 19.4. The van der Waals surface area contributed by atoms with Crippen molar-refractivity contribution in [1.82, 2.24) is 9.97 Å². The second-order valence-electron chi connectivity index (χ2n) is 5.87. The van der Waals surface area contributed by atoms with Crippen molar-refractivity contribution in [2.24, 2.45) is 0 Å². The first-order valence-electron chi connectivity index (χ1n) is 8.21. The van der Waals surface area contributed by atoms with E-state index in [4.69, 9.17) is 4.74 Å². The van der Waals surface area contributed by atoms with E-state index in [0.717, 1.165) is 19.3 Å². The highest BCUT2D eigenvalue weighted by molar-refractivity contribution is 5.98. The lowest BCUT2D eigenvalue weighted by molar-refractivity contribution is -0.144. The molecule has 0 spiro atoms. The van der Waals surface area contributed by atoms with Crippen LogP contribution in [0, 0.1) is 0 Å². The standard InChI is InChI=1S/C17H18F3N3O2/c1-2-25-15(24)11-6-7-13-12(10-11)14(23-8-4-3-5-9-23)22-16(21-13)17(18,19)20/h6-7,10H,2-5,8-9H2,1H3. The molecule has 1 saturated heterocycles. The fourth-order valence-corrected chi connectivity index (χ4v) is 2.93. The van der Waals surface area contributed by atoms with Crippen LogP contribution in [0.25, 0.3) is 10.9 Å². The van der Waals surface area contributed by atoms with Gasteiger partial charge in [-0.15, -0.1) is 0 Å². The van der Waals surface area contributed by atoms with E-state index in [0.29, 0.717) is 18.5 Å². The lowest BCUT2D eigenvalue weighted by Gasteiger charge is -2.29. The monoisotopic (exact) mass is 353 g/mol. The Morgan fingerprint density at radius 1 is 1.20 bits per heavy atom. The number of hydrogen-bond donors (Lipinski definition) is 0. The van der Waals surface area contributed by atoms with Crippen LogP contribution in [0.1, 0.15) is 42.4 Å². The van der Waals surface area contributed by atoms with E-state index >= 15 is 0 Å². The second-order valence-corrected chi connectivity index (χ2v) is 5.87. The van der Waals surface area contributed by atoms with E-state index in [1.807, 2.05) is 4.90 Å². The Balaban J connectivity index is 2.15. The van der Waals surface area contributed by atoms with E-state index in [-0.39, 0.29) is 23.5 Å². The SMILES string of the molecule is CCOC(=O)c1ccc2nc(C(F)(F)F)nc(N3CCCCC3)c2c1. The molecule has 0 radical (unpaired) electrons. The Hall–Kier alpha value is -2.38. The third kappa shape index (κ3) is 3.67. The third-order valence-corrected chi connectivity index (χ3v) is 4.10. The maximum Gasteiger partial charge on any atom is 0.451 e. The number of carbonyl (C=O) groups is 1. The molecule has 2 heterocycles. The molecule has 0 amide bonds. The van der Waals surface area contributed by atoms with Crippen LogP contribution in [-0.2, 0) is 10.9 Å². The molecule has 0 atom stereocenters. The van der Waals surface area contributed by atoms with Gasteiger partial charge in [0.15, 0.2) is 0 Å². The Kier molecular flexibility index (Phi) is 4.78. The molecular formula is C17H18F3N3O2. The molecule has 0 bridgehead atoms. The van der Waals surface area contributed by atoms with Gasteiger partial charge in [-0.25, -0.2) is 14.8 Å². The number of benzene rings is 1. The quantitative estimate of drug-likeness (QED) is 0.786. The smallest absolute Gasteiger partial charge is 0.451 e. The highest BCUT2D eigenvalue weighted by Crippen LogP contribution is 2.33. The zero-order chi connectivity index (χ0) is 18.0. The zero-order valence-electron chi connectivity index (χ0n) is 13.8. The van der Waals surface area contributed by atoms with Crippen molar-refractivity contribution in [1.29, 1.82) is 0 Å². The van der Waals surface area contributed by atoms with Crippen LogP contribution < -0.4 is 4.90 Å². The number of rotatable bonds is 3. The topological polar surface area (TPSA) is 55.3 Å². The molecular weight excluding hydrogens is 335 g/mol. The van der Waals surface area contributed by atoms with E-state index in [1.165, 1.54) is 18.2 Å². The number of esters is 1. The first-order chi connectivity index (χ1) is 11.9. The molecule has 1 aliphatic heterocycles. The number of hydrogen-bond acceptors (Lipinski definition) is 5. The molecule has 1 aromatic heterocycles. The normalized spacial score (nSPS) is 15.4. The van der Waals surface area contributed by atoms with Crippen molar-refractivity contribution >= 4 is 22.7 Å². The fourth-order valence-electron chi connectivity index (χ4n) is 2.93. The average molecular weight is 353 g/mol. The molecule has 0 saturated carbocycles. The van der Waals surface area contributed by atoms with Gasteiger partial charge in [0.2, 0.25) is 5.82 Å². The summed E-state index contributed by atoms with van der Waals surface area (Å²) >= 11 is 0. The number of aromatic nitrogens is 2. The van der Waals surface area contributed by atoms with Crippen molar-refractivity contribution in [2.75, 3.05) is 24.6 Å². The van der Waals surface area contributed by atoms with Gasteiger partial charge in [-0.1, -0.05) is 0 Å². The maximum absolute atomic E-state index is 13.2. The Morgan fingerprint density at radius 3 is 2.56 bits per heavy atom. The predicted molar refractivity (Wildman–Crippen MR) is 86.6 cm³/mol. The Bertz CT molecular complexity index is 787. The number of anilines is 1. The Morgan fingerprint density at radius 2 is 1.92 bits per heavy atom. The molecule has 0 N–H and O–H groups in total. The van der Waals surface area contributed by atoms with Crippen LogP contribution in [-0.4, -0.2) is 35.6 Å². The number of ether oxygens (including phenoxy) is 1. The van der Waals surface area contributed by atoms with E-state index < -0.39 is 18.0 Å². The van der Waals surface area contributed by atoms with Gasteiger partial charge in [0, 0.05) is 18.5 Å². The van der Waals surface area contributed by atoms with Gasteiger partial charge in [-0.3, -0.25) is 0 Å². The summed E-state index contributed by atoms with van der Waals surface area (Å²) in [5, 5.41) is 0.431. The first kappa shape index (κ1) is 17.4. The minimum atomic E-state index is -4.63. The number of halogens is 3. The minimum Gasteiger partial charge on any atom is -0.462 e. The van der Waals surface area contributed by atoms with E-state index in [1.54, 1.807) is 6.92 Å². The molecule has 1 aromatic carbocycles. The van der Waals surface area contributed by atoms with Crippen molar-refractivity contribution in [3.8, 4) is 0 Å². The van der Waals surface area contributed by atoms with Crippen molar-refractivity contribution < 1.29 is 22.7 Å². The summed E-state index contributed by atoms with van der Waals surface area (Å²) in [7, 11) is 0. The summed E-state index contributed by atoms with van der Waals surface area (Å²) in [6.45, 7) is 3.18. The molecule has 0 unspecified atom stereocenters. The number of alkyl halides is 3. The lowest BCUT2D eigenvalue weighted by atomic mass is 10.1. The van der Waals surface area contributed by atoms with Crippen molar-refractivity contribution in [3.63, 3.8) is 0 Å². The molecule has 0 aliphatic carbocycles. The number of fused-ring (bicyclic) bond motifs is 1. The van der Waals surface area contributed by atoms with Crippen molar-refractivity contribution in [2.45, 2.75) is 32.4 Å². The van der Waals surface area contributed by atoms with Gasteiger partial charge in [0.1, 0.15) is 5.82 Å². The van der Waals surface area contributed by atoms with Gasteiger partial charge in [0.05, 0.1) is 17.7 Å². The van der Waals surface area contributed by atoms with Crippen LogP contribution in [0.15, 0.2) is 18.2 Å². The Labute approximate surface area is 142 Å². The molecule has 8 heteroatoms. The summed E-state index contributed by atoms with van der Waals surface area (Å²) < 4.78 is 44.4. The van der Waals surface area contributed by atoms with E-state index in [9.17, 15) is 18.0 Å². The zero-order valence-corrected chi connectivity index (χ0v) is 13.8. The van der Waals surface area contributed by atoms with Crippen LogP contribution in [0.3, 0.4) is 0 Å². The molecule has 3 rings (SSSR count). The lowest BCUT2D eigenvalue weighted by Crippen LogP contribution is -2.31. The molecule has 1 aliphatic rings. The molecule has 1 fully saturated rings. The summed E-state index contributed by atoms with van der Waals surface area (Å²) in [4.78, 5) is 21.2. The largest absolute Gasteiger partial charge is 0.462 e. The van der Waals surface area contributed by atoms with Crippen LogP contribution in [0.2, 0.25) is 0 Å². The fraction of sp³-hybridized carbons (Fsp3) is 0.471. The molecule has 5 nitrogen and oxygen atoms in total. The van der Waals surface area contributed by atoms with Crippen molar-refractivity contribution in [3.05, 3.63) is 29.6 Å². The summed E-state index contributed by atoms with van der Waals surface area (Å²) in [5.74, 6) is -1.46. The van der Waals surface area contributed by atoms with E-state index in [2.05, 4.69) is 9.97 Å². The summed E-state index contributed by atoms with van der Waals surface area (Å²) in [6.07, 6.45) is -1.80. The minimum absolute atomic E-state index is 0.163. The van der Waals surface area contributed by atoms with Crippen LogP contribution in [0.4, 0.5) is 19.0 Å². The molecule has 134 valence electrons. The summed E-state index contributed by atoms with van der Waals surface area (Å²) in [5.41, 5.74) is 0.437. The maximum atomic E-state index is 13.2. The summed E-state index contributed by atoms with van der Waals surface area (Å²) in [6, 6.07) is 4.34. The van der Waals surface area contributed by atoms with Gasteiger partial charge >= 0.3 is 12.1 Å². The highest BCUT2D eigenvalue weighted by Gasteiger charge is 2.36. The second kappa shape index (κ2) is 6.85. The number of nitrogens with zero attached hydrogens (tertiary/aromatic N) is 3. The van der Waals surface area contributed by atoms with Gasteiger partial charge in [-0.2, -0.15) is 13.2 Å². The van der Waals surface area contributed by atoms with Gasteiger partial charge in [0.25, 0.3) is 0 Å². The predicted octanol–water partition coefficient (Wildman–Crippen LogP) is 3.82. The van der Waals surface area contributed by atoms with Gasteiger partial charge in [-0.05, 0) is 44.4 Å². The first-order valence-corrected chi connectivity index (χ1v) is 8.21. The third-order valence-electron chi connectivity index (χ3n) is 4.10. The van der Waals surface area contributed by atoms with Gasteiger partial charge < -0.3 is 9.64 Å². The van der Waals surface area contributed by atoms with Crippen LogP contribution >= 0.6 is 0 Å². The number of piperidine rings is 1. The molecule has 2 aromatic rings. The average Bonchev–Trinajstić information content (AvgIpc) is 2.60. The molecule has 25 heavy (non-hydrogen) atoms.